The summed E-state index contributed by atoms with van der Waals surface area (Å²) in [6, 6.07) is -3.18. The Kier molecular flexibility index (Phi) is 8.78. The van der Waals surface area contributed by atoms with Crippen LogP contribution in [0.25, 0.3) is 0 Å². The lowest BCUT2D eigenvalue weighted by molar-refractivity contribution is -0.144. The maximum absolute atomic E-state index is 12.2. The van der Waals surface area contributed by atoms with Crippen molar-refractivity contribution in [1.82, 2.24) is 10.6 Å². The second-order valence-corrected chi connectivity index (χ2v) is 6.21. The average Bonchev–Trinajstić information content (AvgIpc) is 2.46. The molecule has 0 radical (unpaired) electrons. The second-order valence-electron chi connectivity index (χ2n) is 6.21. The van der Waals surface area contributed by atoms with Crippen LogP contribution in [0.4, 0.5) is 0 Å². The molecule has 8 nitrogen and oxygen atoms in total. The molecule has 6 N–H and O–H groups in total. The van der Waals surface area contributed by atoms with Gasteiger partial charge in [-0.3, -0.25) is 9.59 Å². The van der Waals surface area contributed by atoms with Crippen molar-refractivity contribution >= 4 is 17.8 Å². The van der Waals surface area contributed by atoms with E-state index in [9.17, 15) is 19.5 Å². The molecule has 0 fully saturated rings. The van der Waals surface area contributed by atoms with Gasteiger partial charge < -0.3 is 26.6 Å². The number of carboxylic acid groups (broad SMARTS) is 1. The molecular weight excluding hydrogens is 302 g/mol. The lowest BCUT2D eigenvalue weighted by Gasteiger charge is -2.26. The molecule has 0 unspecified atom stereocenters. The van der Waals surface area contributed by atoms with Crippen LogP contribution in [-0.2, 0) is 14.4 Å². The Morgan fingerprint density at radius 1 is 1.00 bits per heavy atom. The van der Waals surface area contributed by atoms with Crippen LogP contribution in [0.2, 0.25) is 0 Å². The first-order valence-electron chi connectivity index (χ1n) is 7.80. The fraction of sp³-hybridized carbons (Fsp3) is 0.800. The second kappa shape index (κ2) is 9.46. The smallest absolute Gasteiger partial charge is 0.326 e. The first-order chi connectivity index (χ1) is 10.5. The third-order valence-corrected chi connectivity index (χ3v) is 3.85. The van der Waals surface area contributed by atoms with E-state index in [1.165, 1.54) is 6.92 Å². The van der Waals surface area contributed by atoms with Crippen molar-refractivity contribution in [2.75, 3.05) is 0 Å². The Hall–Kier alpha value is -1.67. The minimum absolute atomic E-state index is 0.0878. The molecule has 0 bridgehead atoms. The van der Waals surface area contributed by atoms with Gasteiger partial charge in [0.05, 0.1) is 12.1 Å². The molecule has 8 heteroatoms. The third-order valence-electron chi connectivity index (χ3n) is 3.85. The highest BCUT2D eigenvalue weighted by Gasteiger charge is 2.32. The van der Waals surface area contributed by atoms with Crippen molar-refractivity contribution in [3.8, 4) is 0 Å². The summed E-state index contributed by atoms with van der Waals surface area (Å²) in [7, 11) is 0. The number of rotatable bonds is 9. The minimum Gasteiger partial charge on any atom is -0.480 e. The van der Waals surface area contributed by atoms with E-state index in [0.29, 0.717) is 6.42 Å². The summed E-state index contributed by atoms with van der Waals surface area (Å²) in [5.41, 5.74) is 5.80. The van der Waals surface area contributed by atoms with E-state index < -0.39 is 42.0 Å². The number of aliphatic hydroxyl groups excluding tert-OH is 1. The molecule has 0 aromatic carbocycles. The van der Waals surface area contributed by atoms with Crippen LogP contribution in [-0.4, -0.2) is 52.2 Å². The summed E-state index contributed by atoms with van der Waals surface area (Å²) in [5, 5.41) is 23.6. The highest BCUT2D eigenvalue weighted by Crippen LogP contribution is 2.07. The standard InChI is InChI=1S/C15H29N3O5/c1-6-8(4)10(16)13(20)18-12(9(5)19)14(21)17-11(7(2)3)15(22)23/h7-12,19H,6,16H2,1-5H3,(H,17,21)(H,18,20)(H,22,23)/t8-,9+,10-,11-,12-/m0/s1. The van der Waals surface area contributed by atoms with Gasteiger partial charge >= 0.3 is 5.97 Å². The molecule has 0 heterocycles. The van der Waals surface area contributed by atoms with Gasteiger partial charge in [-0.05, 0) is 18.8 Å². The number of nitrogens with one attached hydrogen (secondary N) is 2. The molecule has 0 spiro atoms. The molecule has 0 rings (SSSR count). The van der Waals surface area contributed by atoms with Gasteiger partial charge in [-0.25, -0.2) is 4.79 Å². The Morgan fingerprint density at radius 2 is 1.48 bits per heavy atom. The zero-order valence-corrected chi connectivity index (χ0v) is 14.4. The first-order valence-corrected chi connectivity index (χ1v) is 7.80. The predicted octanol–water partition coefficient (Wildman–Crippen LogP) is -0.549. The van der Waals surface area contributed by atoms with Crippen molar-refractivity contribution in [3.63, 3.8) is 0 Å². The lowest BCUT2D eigenvalue weighted by Crippen LogP contribution is -2.59. The SMILES string of the molecule is CC[C@H](C)[C@H](N)C(=O)N[C@H](C(=O)N[C@H](C(=O)O)C(C)C)[C@@H](C)O. The number of carbonyl (C=O) groups excluding carboxylic acids is 2. The van der Waals surface area contributed by atoms with Gasteiger partial charge in [0.15, 0.2) is 0 Å². The molecule has 134 valence electrons. The highest BCUT2D eigenvalue weighted by atomic mass is 16.4. The molecule has 0 saturated heterocycles. The van der Waals surface area contributed by atoms with E-state index in [1.807, 2.05) is 6.92 Å². The summed E-state index contributed by atoms with van der Waals surface area (Å²) in [4.78, 5) is 35.4. The topological polar surface area (TPSA) is 142 Å². The van der Waals surface area contributed by atoms with Gasteiger partial charge in [0.1, 0.15) is 12.1 Å². The molecule has 5 atom stereocenters. The number of aliphatic carboxylic acids is 1. The van der Waals surface area contributed by atoms with Crippen LogP contribution in [0.3, 0.4) is 0 Å². The van der Waals surface area contributed by atoms with Crippen molar-refractivity contribution in [2.45, 2.75) is 65.3 Å². The summed E-state index contributed by atoms with van der Waals surface area (Å²) >= 11 is 0. The quantitative estimate of drug-likeness (QED) is 0.384. The number of carboxylic acids is 1. The number of hydrogen-bond donors (Lipinski definition) is 5. The van der Waals surface area contributed by atoms with E-state index in [1.54, 1.807) is 20.8 Å². The third kappa shape index (κ3) is 6.54. The fourth-order valence-corrected chi connectivity index (χ4v) is 1.92. The predicted molar refractivity (Wildman–Crippen MR) is 85.4 cm³/mol. The zero-order chi connectivity index (χ0) is 18.3. The van der Waals surface area contributed by atoms with Crippen molar-refractivity contribution < 1.29 is 24.6 Å². The van der Waals surface area contributed by atoms with Crippen LogP contribution < -0.4 is 16.4 Å². The van der Waals surface area contributed by atoms with Crippen LogP contribution in [0.5, 0.6) is 0 Å². The fourth-order valence-electron chi connectivity index (χ4n) is 1.92. The largest absolute Gasteiger partial charge is 0.480 e. The van der Waals surface area contributed by atoms with Crippen molar-refractivity contribution in [1.29, 1.82) is 0 Å². The van der Waals surface area contributed by atoms with Gasteiger partial charge in [0, 0.05) is 0 Å². The van der Waals surface area contributed by atoms with Crippen molar-refractivity contribution in [2.24, 2.45) is 17.6 Å². The molecule has 0 aromatic rings. The van der Waals surface area contributed by atoms with Crippen LogP contribution in [0.15, 0.2) is 0 Å². The molecule has 0 aliphatic carbocycles. The van der Waals surface area contributed by atoms with Crippen LogP contribution in [0.1, 0.15) is 41.0 Å². The van der Waals surface area contributed by atoms with Gasteiger partial charge in [-0.2, -0.15) is 0 Å². The Balaban J connectivity index is 5.01. The van der Waals surface area contributed by atoms with Crippen molar-refractivity contribution in [3.05, 3.63) is 0 Å². The monoisotopic (exact) mass is 331 g/mol. The Morgan fingerprint density at radius 3 is 1.83 bits per heavy atom. The molecule has 2 amide bonds. The highest BCUT2D eigenvalue weighted by molar-refractivity contribution is 5.92. The molecular formula is C15H29N3O5. The molecule has 0 aliphatic heterocycles. The Labute approximate surface area is 136 Å². The normalized spacial score (nSPS) is 17.7. The molecule has 23 heavy (non-hydrogen) atoms. The summed E-state index contributed by atoms with van der Waals surface area (Å²) < 4.78 is 0. The number of nitrogens with two attached hydrogens (primary N) is 1. The molecule has 0 saturated carbocycles. The summed E-state index contributed by atoms with van der Waals surface area (Å²) in [6.45, 7) is 8.32. The Bertz CT molecular complexity index is 425. The summed E-state index contributed by atoms with van der Waals surface area (Å²) in [5.74, 6) is -2.93. The molecule has 0 aromatic heterocycles. The van der Waals surface area contributed by atoms with Gasteiger partial charge in [-0.15, -0.1) is 0 Å². The first kappa shape index (κ1) is 21.3. The maximum atomic E-state index is 12.2. The average molecular weight is 331 g/mol. The van der Waals surface area contributed by atoms with Crippen LogP contribution >= 0.6 is 0 Å². The van der Waals surface area contributed by atoms with E-state index >= 15 is 0 Å². The van der Waals surface area contributed by atoms with Gasteiger partial charge in [0.2, 0.25) is 11.8 Å². The maximum Gasteiger partial charge on any atom is 0.326 e. The number of carbonyl (C=O) groups is 3. The minimum atomic E-state index is -1.27. The number of amides is 2. The number of hydrogen-bond acceptors (Lipinski definition) is 5. The zero-order valence-electron chi connectivity index (χ0n) is 14.4. The summed E-state index contributed by atoms with van der Waals surface area (Å²) in [6.07, 6.45) is -0.501. The van der Waals surface area contributed by atoms with E-state index in [-0.39, 0.29) is 11.8 Å². The van der Waals surface area contributed by atoms with Gasteiger partial charge in [-0.1, -0.05) is 34.1 Å². The van der Waals surface area contributed by atoms with E-state index in [2.05, 4.69) is 10.6 Å². The number of aliphatic hydroxyl groups is 1. The van der Waals surface area contributed by atoms with E-state index in [4.69, 9.17) is 10.8 Å². The van der Waals surface area contributed by atoms with Crippen LogP contribution in [0, 0.1) is 11.8 Å². The van der Waals surface area contributed by atoms with E-state index in [0.717, 1.165) is 0 Å². The lowest BCUT2D eigenvalue weighted by atomic mass is 9.98. The molecule has 0 aliphatic rings. The van der Waals surface area contributed by atoms with Gasteiger partial charge in [0.25, 0.3) is 0 Å².